The van der Waals surface area contributed by atoms with Gasteiger partial charge in [-0.1, -0.05) is 13.0 Å². The van der Waals surface area contributed by atoms with Crippen LogP contribution in [-0.2, 0) is 17.8 Å². The van der Waals surface area contributed by atoms with Crippen LogP contribution < -0.4 is 0 Å². The molecule has 0 saturated heterocycles. The normalized spacial score (nSPS) is 12.3. The summed E-state index contributed by atoms with van der Waals surface area (Å²) in [5.41, 5.74) is 1.02. The second kappa shape index (κ2) is 6.03. The maximum atomic E-state index is 10.8. The van der Waals surface area contributed by atoms with E-state index in [1.54, 1.807) is 24.0 Å². The van der Waals surface area contributed by atoms with E-state index in [1.165, 1.54) is 0 Å². The topological polar surface area (TPSA) is 93.8 Å². The van der Waals surface area contributed by atoms with Gasteiger partial charge in [-0.2, -0.15) is 0 Å². The van der Waals surface area contributed by atoms with Crippen LogP contribution in [0.4, 0.5) is 0 Å². The molecule has 0 fully saturated rings. The van der Waals surface area contributed by atoms with Gasteiger partial charge in [0.25, 0.3) is 0 Å². The lowest BCUT2D eigenvalue weighted by Crippen LogP contribution is -2.15. The summed E-state index contributed by atoms with van der Waals surface area (Å²) in [4.78, 5) is 14.8. The molecule has 2 aromatic heterocycles. The van der Waals surface area contributed by atoms with Crippen LogP contribution in [0.3, 0.4) is 0 Å². The highest BCUT2D eigenvalue weighted by Gasteiger charge is 2.13. The van der Waals surface area contributed by atoms with Crippen molar-refractivity contribution < 1.29 is 9.90 Å². The number of hydrogen-bond acceptors (Lipinski definition) is 5. The summed E-state index contributed by atoms with van der Waals surface area (Å²) in [6, 6.07) is 3.81. The van der Waals surface area contributed by atoms with Crippen molar-refractivity contribution in [2.24, 2.45) is 5.92 Å². The first-order valence-electron chi connectivity index (χ1n) is 6.03. The van der Waals surface area contributed by atoms with E-state index in [9.17, 15) is 4.79 Å². The van der Waals surface area contributed by atoms with Crippen LogP contribution in [0.2, 0.25) is 0 Å². The first kappa shape index (κ1) is 13.1. The van der Waals surface area contributed by atoms with E-state index < -0.39 is 11.9 Å². The molecule has 0 bridgehead atoms. The Bertz CT molecular complexity index is 540. The molecule has 0 amide bonds. The minimum atomic E-state index is -0.804. The summed E-state index contributed by atoms with van der Waals surface area (Å²) in [5, 5.41) is 20.3. The van der Waals surface area contributed by atoms with Crippen molar-refractivity contribution in [3.8, 4) is 0 Å². The molecule has 0 aliphatic heterocycles. The Kier molecular flexibility index (Phi) is 4.17. The molecule has 0 radical (unpaired) electrons. The van der Waals surface area contributed by atoms with Crippen LogP contribution >= 0.6 is 0 Å². The fraction of sp³-hybridized carbons (Fsp3) is 0.417. The number of carboxylic acids is 1. The predicted octanol–water partition coefficient (Wildman–Crippen LogP) is 0.770. The monoisotopic (exact) mass is 261 g/mol. The van der Waals surface area contributed by atoms with Gasteiger partial charge in [0.05, 0.1) is 5.92 Å². The summed E-state index contributed by atoms with van der Waals surface area (Å²) >= 11 is 0. The number of tetrazole rings is 1. The zero-order chi connectivity index (χ0) is 13.7. The van der Waals surface area contributed by atoms with Crippen LogP contribution in [0.15, 0.2) is 24.5 Å². The lowest BCUT2D eigenvalue weighted by atomic mass is 10.1. The third-order valence-corrected chi connectivity index (χ3v) is 2.89. The molecule has 1 unspecified atom stereocenters. The molecule has 1 N–H and O–H groups in total. The maximum Gasteiger partial charge on any atom is 0.306 e. The molecular formula is C12H15N5O2. The summed E-state index contributed by atoms with van der Waals surface area (Å²) in [6.45, 7) is 2.17. The van der Waals surface area contributed by atoms with E-state index in [0.717, 1.165) is 5.56 Å². The average Bonchev–Trinajstić information content (AvgIpc) is 2.84. The van der Waals surface area contributed by atoms with Gasteiger partial charge in [0.15, 0.2) is 5.82 Å². The number of pyridine rings is 1. The number of carboxylic acid groups (broad SMARTS) is 1. The molecule has 0 aliphatic carbocycles. The highest BCUT2D eigenvalue weighted by molar-refractivity contribution is 5.69. The van der Waals surface area contributed by atoms with Gasteiger partial charge in [-0.3, -0.25) is 9.78 Å². The molecular weight excluding hydrogens is 246 g/mol. The van der Waals surface area contributed by atoms with Crippen LogP contribution in [0.1, 0.15) is 24.7 Å². The largest absolute Gasteiger partial charge is 0.481 e. The molecule has 100 valence electrons. The minimum absolute atomic E-state index is 0.407. The van der Waals surface area contributed by atoms with Gasteiger partial charge in [0.1, 0.15) is 0 Å². The SMILES string of the molecule is CC(CCn1nnnc1Cc1cccnc1)C(=O)O. The molecule has 1 atom stereocenters. The highest BCUT2D eigenvalue weighted by atomic mass is 16.4. The molecule has 2 heterocycles. The Balaban J connectivity index is 2.00. The molecule has 2 aromatic rings. The molecule has 7 heteroatoms. The fourth-order valence-electron chi connectivity index (χ4n) is 1.65. The second-order valence-electron chi connectivity index (χ2n) is 4.38. The predicted molar refractivity (Wildman–Crippen MR) is 66.3 cm³/mol. The van der Waals surface area contributed by atoms with Crippen LogP contribution in [0.5, 0.6) is 0 Å². The van der Waals surface area contributed by atoms with Crippen molar-refractivity contribution in [1.29, 1.82) is 0 Å². The Hall–Kier alpha value is -2.31. The van der Waals surface area contributed by atoms with Crippen LogP contribution in [0.25, 0.3) is 0 Å². The zero-order valence-corrected chi connectivity index (χ0v) is 10.6. The minimum Gasteiger partial charge on any atom is -0.481 e. The molecule has 0 spiro atoms. The van der Waals surface area contributed by atoms with Crippen molar-refractivity contribution in [1.82, 2.24) is 25.2 Å². The number of aromatic nitrogens is 5. The Morgan fingerprint density at radius 1 is 1.53 bits per heavy atom. The zero-order valence-electron chi connectivity index (χ0n) is 10.6. The van der Waals surface area contributed by atoms with Gasteiger partial charge in [-0.25, -0.2) is 4.68 Å². The average molecular weight is 261 g/mol. The third kappa shape index (κ3) is 3.57. The Labute approximate surface area is 110 Å². The van der Waals surface area contributed by atoms with Gasteiger partial charge >= 0.3 is 5.97 Å². The smallest absolute Gasteiger partial charge is 0.306 e. The number of nitrogens with zero attached hydrogens (tertiary/aromatic N) is 5. The van der Waals surface area contributed by atoms with Gasteiger partial charge in [-0.05, 0) is 28.5 Å². The molecule has 19 heavy (non-hydrogen) atoms. The number of rotatable bonds is 6. The van der Waals surface area contributed by atoms with E-state index in [-0.39, 0.29) is 0 Å². The molecule has 0 aromatic carbocycles. The summed E-state index contributed by atoms with van der Waals surface area (Å²) < 4.78 is 1.65. The molecule has 2 rings (SSSR count). The molecule has 0 aliphatic rings. The second-order valence-corrected chi connectivity index (χ2v) is 4.38. The summed E-state index contributed by atoms with van der Waals surface area (Å²) in [7, 11) is 0. The number of aliphatic carboxylic acids is 1. The lowest BCUT2D eigenvalue weighted by molar-refractivity contribution is -0.141. The van der Waals surface area contributed by atoms with E-state index in [2.05, 4.69) is 20.5 Å². The van der Waals surface area contributed by atoms with E-state index in [4.69, 9.17) is 5.11 Å². The van der Waals surface area contributed by atoms with Crippen molar-refractivity contribution in [2.45, 2.75) is 26.3 Å². The van der Waals surface area contributed by atoms with E-state index in [1.807, 2.05) is 12.1 Å². The summed E-state index contributed by atoms with van der Waals surface area (Å²) in [6.07, 6.45) is 4.56. The highest BCUT2D eigenvalue weighted by Crippen LogP contribution is 2.08. The van der Waals surface area contributed by atoms with Gasteiger partial charge < -0.3 is 5.11 Å². The van der Waals surface area contributed by atoms with Gasteiger partial charge in [0, 0.05) is 25.4 Å². The van der Waals surface area contributed by atoms with Gasteiger partial charge in [0.2, 0.25) is 0 Å². The quantitative estimate of drug-likeness (QED) is 0.825. The van der Waals surface area contributed by atoms with Gasteiger partial charge in [-0.15, -0.1) is 5.10 Å². The standard InChI is InChI=1S/C12H15N5O2/c1-9(12(18)19)4-6-17-11(14-15-16-17)7-10-3-2-5-13-8-10/h2-3,5,8-9H,4,6-7H2,1H3,(H,18,19). The van der Waals surface area contributed by atoms with E-state index in [0.29, 0.717) is 25.2 Å². The molecule has 7 nitrogen and oxygen atoms in total. The Morgan fingerprint density at radius 2 is 2.37 bits per heavy atom. The molecule has 0 saturated carbocycles. The maximum absolute atomic E-state index is 10.8. The first-order chi connectivity index (χ1) is 9.16. The summed E-state index contributed by atoms with van der Waals surface area (Å²) in [5.74, 6) is -0.497. The van der Waals surface area contributed by atoms with Crippen LogP contribution in [-0.4, -0.2) is 36.3 Å². The number of hydrogen-bond donors (Lipinski definition) is 1. The van der Waals surface area contributed by atoms with Crippen molar-refractivity contribution >= 4 is 5.97 Å². The number of carbonyl (C=O) groups is 1. The lowest BCUT2D eigenvalue weighted by Gasteiger charge is -2.07. The fourth-order valence-corrected chi connectivity index (χ4v) is 1.65. The first-order valence-corrected chi connectivity index (χ1v) is 6.03. The Morgan fingerprint density at radius 3 is 3.05 bits per heavy atom. The third-order valence-electron chi connectivity index (χ3n) is 2.89. The van der Waals surface area contributed by atoms with Crippen molar-refractivity contribution in [2.75, 3.05) is 0 Å². The van der Waals surface area contributed by atoms with Crippen molar-refractivity contribution in [3.05, 3.63) is 35.9 Å². The van der Waals surface area contributed by atoms with Crippen LogP contribution in [0, 0.1) is 5.92 Å². The van der Waals surface area contributed by atoms with Crippen molar-refractivity contribution in [3.63, 3.8) is 0 Å². The number of aryl methyl sites for hydroxylation is 1. The van der Waals surface area contributed by atoms with E-state index >= 15 is 0 Å².